The smallest absolute Gasteiger partial charge is 0.481 e. The van der Waals surface area contributed by atoms with E-state index in [2.05, 4.69) is 34.4 Å². The van der Waals surface area contributed by atoms with Crippen LogP contribution in [0.15, 0.2) is 43.5 Å². The second kappa shape index (κ2) is 24.7. The summed E-state index contributed by atoms with van der Waals surface area (Å²) in [7, 11) is -4.26. The molecule has 5 amide bonds. The van der Waals surface area contributed by atoms with Gasteiger partial charge in [-0.2, -0.15) is 0 Å². The number of carbonyl (C=O) groups excluding carboxylic acids is 5. The standard InChI is InChI=1S/C37H57FN5O12P/c1-8-18-52-56(51,53-19-9-2)55-30-14-13-25(21-26(30)23-38)22-29(35(49)42-28(33(39)47)20-24(3)4)43-34(48)27(41-31(44)15-16-32(45)46)12-10-11-17-40-36(50)54-37(5,6)7/h8-9,13-14,21,24,27-29H,1-2,10-12,15-20,22-23H2,3-7H3,(H2,39,47)(H,40,50)(H,41,44)(H,42,49)(H,43,48)(H,45,46). The molecule has 19 heteroatoms. The minimum absolute atomic E-state index is 0.0200. The predicted octanol–water partition coefficient (Wildman–Crippen LogP) is 4.14. The molecule has 0 bridgehead atoms. The molecule has 7 N–H and O–H groups in total. The molecule has 0 aromatic heterocycles. The summed E-state index contributed by atoms with van der Waals surface area (Å²) in [5, 5.41) is 19.3. The van der Waals surface area contributed by atoms with E-state index in [1.165, 1.54) is 30.4 Å². The van der Waals surface area contributed by atoms with Crippen LogP contribution in [0.25, 0.3) is 0 Å². The Morgan fingerprint density at radius 3 is 2.07 bits per heavy atom. The molecule has 0 saturated carbocycles. The van der Waals surface area contributed by atoms with Crippen LogP contribution in [0.2, 0.25) is 0 Å². The van der Waals surface area contributed by atoms with Gasteiger partial charge in [0.05, 0.1) is 19.6 Å². The molecule has 0 spiro atoms. The number of benzene rings is 1. The minimum atomic E-state index is -4.26. The monoisotopic (exact) mass is 813 g/mol. The van der Waals surface area contributed by atoms with Crippen molar-refractivity contribution in [3.63, 3.8) is 0 Å². The molecule has 1 rings (SSSR count). The number of primary amides is 1. The van der Waals surface area contributed by atoms with E-state index in [-0.39, 0.29) is 56.3 Å². The number of hydrogen-bond acceptors (Lipinski definition) is 11. The lowest BCUT2D eigenvalue weighted by Crippen LogP contribution is -2.57. The van der Waals surface area contributed by atoms with Crippen molar-refractivity contribution in [2.45, 2.75) is 110 Å². The van der Waals surface area contributed by atoms with Crippen molar-refractivity contribution in [2.24, 2.45) is 11.7 Å². The summed E-state index contributed by atoms with van der Waals surface area (Å²) >= 11 is 0. The number of halogens is 1. The van der Waals surface area contributed by atoms with Crippen LogP contribution in [0.3, 0.4) is 0 Å². The number of phosphoric ester groups is 1. The summed E-state index contributed by atoms with van der Waals surface area (Å²) in [5.41, 5.74) is 5.05. The number of rotatable bonds is 27. The summed E-state index contributed by atoms with van der Waals surface area (Å²) < 4.78 is 48.6. The fraction of sp³-hybridized carbons (Fsp3) is 0.568. The Kier molecular flexibility index (Phi) is 21.7. The number of nitrogens with two attached hydrogens (primary N) is 1. The summed E-state index contributed by atoms with van der Waals surface area (Å²) in [5.74, 6) is -4.66. The van der Waals surface area contributed by atoms with E-state index in [9.17, 15) is 37.7 Å². The first-order chi connectivity index (χ1) is 26.2. The van der Waals surface area contributed by atoms with Crippen molar-refractivity contribution >= 4 is 43.5 Å². The number of carbonyl (C=O) groups is 6. The summed E-state index contributed by atoms with van der Waals surface area (Å²) in [6.45, 7) is 14.4. The normalized spacial score (nSPS) is 13.1. The molecule has 17 nitrogen and oxygen atoms in total. The van der Waals surface area contributed by atoms with Gasteiger partial charge in [-0.25, -0.2) is 13.8 Å². The van der Waals surface area contributed by atoms with Crippen LogP contribution in [0.5, 0.6) is 5.75 Å². The van der Waals surface area contributed by atoms with E-state index in [0.717, 1.165) is 0 Å². The highest BCUT2D eigenvalue weighted by Crippen LogP contribution is 2.50. The zero-order valence-corrected chi connectivity index (χ0v) is 33.6. The highest BCUT2D eigenvalue weighted by Gasteiger charge is 2.32. The number of phosphoric acid groups is 1. The number of ether oxygens (including phenoxy) is 1. The molecular weight excluding hydrogens is 756 g/mol. The Morgan fingerprint density at radius 1 is 0.929 bits per heavy atom. The van der Waals surface area contributed by atoms with Gasteiger partial charge in [0.2, 0.25) is 23.6 Å². The topological polar surface area (TPSA) is 251 Å². The van der Waals surface area contributed by atoms with E-state index in [4.69, 9.17) is 29.1 Å². The van der Waals surface area contributed by atoms with Crippen LogP contribution in [0, 0.1) is 5.92 Å². The van der Waals surface area contributed by atoms with Crippen LogP contribution in [0.1, 0.15) is 84.3 Å². The molecule has 0 aliphatic heterocycles. The second-order valence-corrected chi connectivity index (χ2v) is 15.7. The number of amides is 5. The van der Waals surface area contributed by atoms with E-state index in [1.54, 1.807) is 20.8 Å². The highest BCUT2D eigenvalue weighted by molar-refractivity contribution is 7.48. The molecule has 1 aromatic carbocycles. The van der Waals surface area contributed by atoms with Crippen LogP contribution < -0.4 is 31.5 Å². The van der Waals surface area contributed by atoms with Gasteiger partial charge < -0.3 is 41.4 Å². The first-order valence-corrected chi connectivity index (χ1v) is 19.5. The fourth-order valence-corrected chi connectivity index (χ4v) is 6.07. The lowest BCUT2D eigenvalue weighted by molar-refractivity contribution is -0.139. The average molecular weight is 814 g/mol. The number of unbranched alkanes of at least 4 members (excludes halogenated alkanes) is 1. The van der Waals surface area contributed by atoms with E-state index < -0.39 is 86.8 Å². The number of nitrogens with one attached hydrogen (secondary N) is 4. The lowest BCUT2D eigenvalue weighted by Gasteiger charge is -2.26. The molecule has 3 unspecified atom stereocenters. The number of aliphatic carboxylic acids is 1. The van der Waals surface area contributed by atoms with Gasteiger partial charge in [-0.15, -0.1) is 13.2 Å². The van der Waals surface area contributed by atoms with E-state index >= 15 is 0 Å². The Balaban J connectivity index is 3.43. The van der Waals surface area contributed by atoms with Crippen LogP contribution >= 0.6 is 7.82 Å². The van der Waals surface area contributed by atoms with Crippen molar-refractivity contribution < 1.29 is 61.1 Å². The largest absolute Gasteiger partial charge is 0.530 e. The van der Waals surface area contributed by atoms with Crippen LogP contribution in [0.4, 0.5) is 9.18 Å². The fourth-order valence-electron chi connectivity index (χ4n) is 4.89. The Bertz CT molecular complexity index is 1550. The summed E-state index contributed by atoms with van der Waals surface area (Å²) in [4.78, 5) is 75.6. The number of alkyl carbamates (subject to hydrolysis) is 1. The molecular formula is C37H57FN5O12P. The van der Waals surface area contributed by atoms with Gasteiger partial charge in [-0.1, -0.05) is 32.1 Å². The van der Waals surface area contributed by atoms with Crippen molar-refractivity contribution in [1.29, 1.82) is 0 Å². The first kappa shape index (κ1) is 49.2. The third kappa shape index (κ3) is 20.2. The summed E-state index contributed by atoms with van der Waals surface area (Å²) in [6.07, 6.45) is 1.64. The predicted molar refractivity (Wildman–Crippen MR) is 205 cm³/mol. The van der Waals surface area contributed by atoms with Gasteiger partial charge in [-0.3, -0.25) is 33.0 Å². The van der Waals surface area contributed by atoms with E-state index in [0.29, 0.717) is 18.4 Å². The molecule has 0 radical (unpaired) electrons. The van der Waals surface area contributed by atoms with Gasteiger partial charge in [-0.05, 0) is 70.1 Å². The Labute approximate surface area is 327 Å². The summed E-state index contributed by atoms with van der Waals surface area (Å²) in [6, 6.07) is 0.242. The third-order valence-corrected chi connectivity index (χ3v) is 8.78. The van der Waals surface area contributed by atoms with Gasteiger partial charge in [0.25, 0.3) is 0 Å². The Morgan fingerprint density at radius 2 is 1.54 bits per heavy atom. The average Bonchev–Trinajstić information content (AvgIpc) is 3.10. The van der Waals surface area contributed by atoms with Gasteiger partial charge in [0.1, 0.15) is 36.2 Å². The number of alkyl halides is 1. The zero-order valence-electron chi connectivity index (χ0n) is 32.7. The van der Waals surface area contributed by atoms with Crippen molar-refractivity contribution in [3.05, 3.63) is 54.6 Å². The number of carboxylic acid groups (broad SMARTS) is 1. The van der Waals surface area contributed by atoms with Crippen LogP contribution in [-0.2, 0) is 55.4 Å². The zero-order chi connectivity index (χ0) is 42.5. The first-order valence-electron chi connectivity index (χ1n) is 18.1. The maximum atomic E-state index is 14.4. The van der Waals surface area contributed by atoms with E-state index in [1.807, 2.05) is 13.8 Å². The van der Waals surface area contributed by atoms with Crippen molar-refractivity contribution in [1.82, 2.24) is 21.3 Å². The molecule has 3 atom stereocenters. The Hall–Kier alpha value is -4.80. The van der Waals surface area contributed by atoms with Crippen LogP contribution in [-0.4, -0.2) is 84.3 Å². The quantitative estimate of drug-likeness (QED) is 0.0417. The van der Waals surface area contributed by atoms with Gasteiger partial charge in [0.15, 0.2) is 0 Å². The molecule has 314 valence electrons. The molecule has 0 saturated heterocycles. The molecule has 0 fully saturated rings. The second-order valence-electron chi connectivity index (χ2n) is 14.1. The number of hydrogen-bond donors (Lipinski definition) is 6. The maximum absolute atomic E-state index is 14.4. The van der Waals surface area contributed by atoms with Crippen molar-refractivity contribution in [2.75, 3.05) is 19.8 Å². The highest BCUT2D eigenvalue weighted by atomic mass is 31.2. The van der Waals surface area contributed by atoms with Crippen molar-refractivity contribution in [3.8, 4) is 5.75 Å². The lowest BCUT2D eigenvalue weighted by atomic mass is 9.99. The third-order valence-electron chi connectivity index (χ3n) is 7.43. The molecule has 56 heavy (non-hydrogen) atoms. The maximum Gasteiger partial charge on any atom is 0.530 e. The molecule has 1 aromatic rings. The number of carboxylic acids is 1. The molecule has 0 aliphatic carbocycles. The minimum Gasteiger partial charge on any atom is -0.481 e. The van der Waals surface area contributed by atoms with Gasteiger partial charge >= 0.3 is 19.9 Å². The molecule has 0 heterocycles. The van der Waals surface area contributed by atoms with Gasteiger partial charge in [0, 0.05) is 24.9 Å². The molecule has 0 aliphatic rings. The SMILES string of the molecule is C=CCOP(=O)(OCC=C)Oc1ccc(CC(NC(=O)C(CCCCNC(=O)OC(C)(C)C)NC(=O)CCC(=O)O)C(=O)NC(CC(C)C)C(N)=O)cc1CF.